The molecule has 106 valence electrons. The fourth-order valence-electron chi connectivity index (χ4n) is 1.98. The first-order valence-corrected chi connectivity index (χ1v) is 6.40. The molecule has 0 aliphatic carbocycles. The van der Waals surface area contributed by atoms with Crippen molar-refractivity contribution in [1.82, 2.24) is 0 Å². The van der Waals surface area contributed by atoms with Crippen LogP contribution >= 0.6 is 0 Å². The Morgan fingerprint density at radius 2 is 1.40 bits per heavy atom. The summed E-state index contributed by atoms with van der Waals surface area (Å²) in [6.45, 7) is 1.92. The largest absolute Gasteiger partial charge is 0.493 e. The minimum Gasteiger partial charge on any atom is -0.493 e. The number of rotatable bonds is 5. The van der Waals surface area contributed by atoms with Crippen LogP contribution in [0.3, 0.4) is 0 Å². The van der Waals surface area contributed by atoms with Crippen LogP contribution in [-0.2, 0) is 0 Å². The maximum atomic E-state index is 5.98. The lowest BCUT2D eigenvalue weighted by Gasteiger charge is -2.17. The van der Waals surface area contributed by atoms with Crippen molar-refractivity contribution in [2.45, 2.75) is 13.0 Å². The number of hydrogen-bond donors (Lipinski definition) is 1. The zero-order valence-electron chi connectivity index (χ0n) is 11.9. The topological polar surface area (TPSA) is 53.7 Å². The van der Waals surface area contributed by atoms with Crippen LogP contribution in [0.25, 0.3) is 0 Å². The first-order valence-electron chi connectivity index (χ1n) is 6.40. The summed E-state index contributed by atoms with van der Waals surface area (Å²) < 4.78 is 16.6. The molecule has 0 bridgehead atoms. The summed E-state index contributed by atoms with van der Waals surface area (Å²) in [6.07, 6.45) is 0. The fraction of sp³-hybridized carbons (Fsp3) is 0.250. The van der Waals surface area contributed by atoms with E-state index < -0.39 is 0 Å². The van der Waals surface area contributed by atoms with Crippen molar-refractivity contribution in [3.8, 4) is 23.0 Å². The van der Waals surface area contributed by atoms with Crippen LogP contribution in [0.2, 0.25) is 0 Å². The second kappa shape index (κ2) is 6.30. The molecule has 2 aromatic carbocycles. The molecular weight excluding hydrogens is 254 g/mol. The van der Waals surface area contributed by atoms with E-state index >= 15 is 0 Å². The van der Waals surface area contributed by atoms with Gasteiger partial charge < -0.3 is 19.9 Å². The lowest BCUT2D eigenvalue weighted by molar-refractivity contribution is 0.344. The van der Waals surface area contributed by atoms with E-state index in [4.69, 9.17) is 19.9 Å². The highest BCUT2D eigenvalue weighted by atomic mass is 16.5. The fourth-order valence-corrected chi connectivity index (χ4v) is 1.98. The van der Waals surface area contributed by atoms with Crippen molar-refractivity contribution in [2.75, 3.05) is 14.2 Å². The molecule has 0 fully saturated rings. The lowest BCUT2D eigenvalue weighted by Crippen LogP contribution is -2.06. The Balaban J connectivity index is 2.44. The molecule has 0 heterocycles. The number of para-hydroxylation sites is 2. The summed E-state index contributed by atoms with van der Waals surface area (Å²) in [5.74, 6) is 2.48. The third-order valence-electron chi connectivity index (χ3n) is 3.00. The van der Waals surface area contributed by atoms with Crippen LogP contribution in [0.5, 0.6) is 23.0 Å². The van der Waals surface area contributed by atoms with Gasteiger partial charge in [-0.2, -0.15) is 0 Å². The van der Waals surface area contributed by atoms with Crippen molar-refractivity contribution in [3.63, 3.8) is 0 Å². The molecule has 0 aromatic heterocycles. The Hall–Kier alpha value is -2.20. The van der Waals surface area contributed by atoms with Gasteiger partial charge in [-0.05, 0) is 25.1 Å². The van der Waals surface area contributed by atoms with Crippen molar-refractivity contribution < 1.29 is 14.2 Å². The van der Waals surface area contributed by atoms with Crippen LogP contribution in [0.15, 0.2) is 42.5 Å². The van der Waals surface area contributed by atoms with Crippen LogP contribution in [0.4, 0.5) is 0 Å². The molecular formula is C16H19NO3. The highest BCUT2D eigenvalue weighted by molar-refractivity contribution is 5.54. The van der Waals surface area contributed by atoms with Gasteiger partial charge in [0.05, 0.1) is 14.2 Å². The third kappa shape index (κ3) is 2.86. The predicted molar refractivity (Wildman–Crippen MR) is 78.7 cm³/mol. The molecule has 0 saturated heterocycles. The maximum absolute atomic E-state index is 5.98. The van der Waals surface area contributed by atoms with E-state index in [1.54, 1.807) is 14.2 Å². The number of nitrogens with two attached hydrogens (primary N) is 1. The predicted octanol–water partition coefficient (Wildman–Crippen LogP) is 3.52. The van der Waals surface area contributed by atoms with Gasteiger partial charge in [-0.15, -0.1) is 0 Å². The average Bonchev–Trinajstić information content (AvgIpc) is 2.47. The normalized spacial score (nSPS) is 11.8. The molecule has 0 unspecified atom stereocenters. The van der Waals surface area contributed by atoms with Crippen LogP contribution in [-0.4, -0.2) is 14.2 Å². The Labute approximate surface area is 119 Å². The molecule has 0 aliphatic rings. The molecule has 0 spiro atoms. The van der Waals surface area contributed by atoms with Gasteiger partial charge in [0.15, 0.2) is 11.5 Å². The van der Waals surface area contributed by atoms with E-state index in [0.29, 0.717) is 23.0 Å². The molecule has 0 aliphatic heterocycles. The Kier molecular flexibility index (Phi) is 4.48. The van der Waals surface area contributed by atoms with Gasteiger partial charge in [-0.1, -0.05) is 24.3 Å². The lowest BCUT2D eigenvalue weighted by atomic mass is 10.1. The molecule has 1 atom stereocenters. The minimum atomic E-state index is -0.119. The Bertz CT molecular complexity index is 559. The quantitative estimate of drug-likeness (QED) is 0.905. The van der Waals surface area contributed by atoms with Gasteiger partial charge in [0, 0.05) is 11.6 Å². The first-order chi connectivity index (χ1) is 9.67. The minimum absolute atomic E-state index is 0.119. The van der Waals surface area contributed by atoms with E-state index in [-0.39, 0.29) is 6.04 Å². The summed E-state index contributed by atoms with van der Waals surface area (Å²) in [4.78, 5) is 0. The summed E-state index contributed by atoms with van der Waals surface area (Å²) in [5.41, 5.74) is 6.90. The number of methoxy groups -OCH3 is 2. The zero-order valence-corrected chi connectivity index (χ0v) is 11.9. The maximum Gasteiger partial charge on any atom is 0.211 e. The summed E-state index contributed by atoms with van der Waals surface area (Å²) in [6, 6.07) is 13.0. The molecule has 0 amide bonds. The van der Waals surface area contributed by atoms with E-state index in [9.17, 15) is 0 Å². The molecule has 2 aromatic rings. The van der Waals surface area contributed by atoms with Crippen LogP contribution in [0, 0.1) is 0 Å². The average molecular weight is 273 g/mol. The van der Waals surface area contributed by atoms with E-state index in [1.165, 1.54) is 0 Å². The van der Waals surface area contributed by atoms with Gasteiger partial charge in [-0.25, -0.2) is 0 Å². The van der Waals surface area contributed by atoms with Crippen molar-refractivity contribution >= 4 is 0 Å². The van der Waals surface area contributed by atoms with Gasteiger partial charge in [0.1, 0.15) is 5.75 Å². The second-order valence-electron chi connectivity index (χ2n) is 4.42. The van der Waals surface area contributed by atoms with Gasteiger partial charge in [0.2, 0.25) is 5.75 Å². The van der Waals surface area contributed by atoms with E-state index in [1.807, 2.05) is 49.4 Å². The Morgan fingerprint density at radius 1 is 0.850 bits per heavy atom. The zero-order chi connectivity index (χ0) is 14.5. The van der Waals surface area contributed by atoms with E-state index in [2.05, 4.69) is 0 Å². The summed E-state index contributed by atoms with van der Waals surface area (Å²) in [5, 5.41) is 0. The molecule has 20 heavy (non-hydrogen) atoms. The van der Waals surface area contributed by atoms with Crippen molar-refractivity contribution in [1.29, 1.82) is 0 Å². The molecule has 0 saturated carbocycles. The summed E-state index contributed by atoms with van der Waals surface area (Å²) >= 11 is 0. The van der Waals surface area contributed by atoms with Crippen LogP contribution in [0.1, 0.15) is 18.5 Å². The highest BCUT2D eigenvalue weighted by Gasteiger charge is 2.15. The first kappa shape index (κ1) is 14.2. The SMILES string of the molecule is COc1cccc(OC)c1Oc1ccccc1[C@H](C)N. The van der Waals surface area contributed by atoms with Crippen molar-refractivity contribution in [3.05, 3.63) is 48.0 Å². The smallest absolute Gasteiger partial charge is 0.211 e. The molecule has 2 N–H and O–H groups in total. The van der Waals surface area contributed by atoms with E-state index in [0.717, 1.165) is 5.56 Å². The molecule has 4 nitrogen and oxygen atoms in total. The summed E-state index contributed by atoms with van der Waals surface area (Å²) in [7, 11) is 3.19. The Morgan fingerprint density at radius 3 is 1.95 bits per heavy atom. The number of benzene rings is 2. The standard InChI is InChI=1S/C16H19NO3/c1-11(17)12-7-4-5-8-13(12)20-16-14(18-2)9-6-10-15(16)19-3/h4-11H,17H2,1-3H3/t11-/m0/s1. The van der Waals surface area contributed by atoms with Gasteiger partial charge in [-0.3, -0.25) is 0 Å². The van der Waals surface area contributed by atoms with Gasteiger partial charge in [0.25, 0.3) is 0 Å². The van der Waals surface area contributed by atoms with Crippen LogP contribution < -0.4 is 19.9 Å². The second-order valence-corrected chi connectivity index (χ2v) is 4.42. The number of hydrogen-bond acceptors (Lipinski definition) is 4. The third-order valence-corrected chi connectivity index (χ3v) is 3.00. The molecule has 4 heteroatoms. The number of ether oxygens (including phenoxy) is 3. The van der Waals surface area contributed by atoms with Gasteiger partial charge >= 0.3 is 0 Å². The molecule has 0 radical (unpaired) electrons. The molecule has 2 rings (SSSR count). The monoisotopic (exact) mass is 273 g/mol. The van der Waals surface area contributed by atoms with Crippen molar-refractivity contribution in [2.24, 2.45) is 5.73 Å². The highest BCUT2D eigenvalue weighted by Crippen LogP contribution is 2.41.